The van der Waals surface area contributed by atoms with E-state index in [0.29, 0.717) is 0 Å². The van der Waals surface area contributed by atoms with Gasteiger partial charge in [0.1, 0.15) is 0 Å². The summed E-state index contributed by atoms with van der Waals surface area (Å²) in [4.78, 5) is 0. The Morgan fingerprint density at radius 1 is 0.556 bits per heavy atom. The van der Waals surface area contributed by atoms with Crippen molar-refractivity contribution in [2.75, 3.05) is 33.2 Å². The summed E-state index contributed by atoms with van der Waals surface area (Å²) in [5.74, 6) is -0.996. The molecule has 0 saturated carbocycles. The molecule has 36 heavy (non-hydrogen) atoms. The molecule has 0 amide bonds. The Balaban J connectivity index is 2.84. The van der Waals surface area contributed by atoms with Crippen molar-refractivity contribution in [3.63, 3.8) is 0 Å². The van der Waals surface area contributed by atoms with Gasteiger partial charge >= 0.3 is 0 Å². The fourth-order valence-electron chi connectivity index (χ4n) is 5.79. The van der Waals surface area contributed by atoms with Crippen LogP contribution in [0.3, 0.4) is 0 Å². The van der Waals surface area contributed by atoms with E-state index in [1.165, 1.54) is 95.6 Å². The summed E-state index contributed by atoms with van der Waals surface area (Å²) in [6.45, 7) is 5.50. The molecule has 0 fully saturated rings. The van der Waals surface area contributed by atoms with Crippen LogP contribution in [-0.4, -0.2) is 33.8 Å². The average molecular weight is 506 g/mol. The van der Waals surface area contributed by atoms with Gasteiger partial charge in [-0.3, -0.25) is 0 Å². The summed E-state index contributed by atoms with van der Waals surface area (Å²) >= 11 is 0. The Morgan fingerprint density at radius 2 is 0.972 bits per heavy atom. The van der Waals surface area contributed by atoms with Crippen LogP contribution in [0.4, 0.5) is 5.69 Å². The lowest BCUT2D eigenvalue weighted by Crippen LogP contribution is -2.53. The Morgan fingerprint density at radius 3 is 1.42 bits per heavy atom. The summed E-state index contributed by atoms with van der Waals surface area (Å²) in [6, 6.07) is 10.5. The second-order valence-corrected chi connectivity index (χ2v) is 10.6. The summed E-state index contributed by atoms with van der Waals surface area (Å²) in [6.07, 6.45) is 22.6. The van der Waals surface area contributed by atoms with E-state index in [1.807, 2.05) is 0 Å². The third-order valence-electron chi connectivity index (χ3n) is 7.91. The van der Waals surface area contributed by atoms with Gasteiger partial charge in [-0.05, 0) is 37.8 Å². The number of anilines is 1. The van der Waals surface area contributed by atoms with Gasteiger partial charge in [0.05, 0.1) is 5.41 Å². The number of methoxy groups -OCH3 is 3. The second kappa shape index (κ2) is 20.9. The third-order valence-corrected chi connectivity index (χ3v) is 7.91. The van der Waals surface area contributed by atoms with Crippen LogP contribution in [0.5, 0.6) is 0 Å². The van der Waals surface area contributed by atoms with Crippen LogP contribution < -0.4 is 5.32 Å². The summed E-state index contributed by atoms with van der Waals surface area (Å²) in [5.41, 5.74) is 1.02. The van der Waals surface area contributed by atoms with Crippen molar-refractivity contribution in [2.24, 2.45) is 5.41 Å². The average Bonchev–Trinajstić information content (AvgIpc) is 2.91. The van der Waals surface area contributed by atoms with Crippen LogP contribution in [0.25, 0.3) is 0 Å². The smallest absolute Gasteiger partial charge is 0.288 e. The highest BCUT2D eigenvalue weighted by atomic mass is 16.9. The first-order chi connectivity index (χ1) is 17.6. The highest BCUT2D eigenvalue weighted by Gasteiger charge is 2.52. The van der Waals surface area contributed by atoms with E-state index in [1.54, 1.807) is 21.3 Å². The van der Waals surface area contributed by atoms with Crippen molar-refractivity contribution >= 4 is 5.69 Å². The monoisotopic (exact) mass is 505 g/mol. The Labute approximate surface area is 224 Å². The minimum Gasteiger partial charge on any atom is -0.385 e. The molecule has 0 bridgehead atoms. The van der Waals surface area contributed by atoms with E-state index >= 15 is 0 Å². The van der Waals surface area contributed by atoms with E-state index in [0.717, 1.165) is 32.2 Å². The molecule has 0 aliphatic heterocycles. The first-order valence-electron chi connectivity index (χ1n) is 15.1. The molecule has 1 aromatic carbocycles. The lowest BCUT2D eigenvalue weighted by atomic mass is 9.71. The van der Waals surface area contributed by atoms with Crippen LogP contribution in [0, 0.1) is 5.41 Å². The Kier molecular flexibility index (Phi) is 19.1. The fraction of sp³-hybridized carbons (Fsp3) is 0.812. The molecule has 0 spiro atoms. The Bertz CT molecular complexity index is 596. The van der Waals surface area contributed by atoms with Crippen LogP contribution >= 0.6 is 0 Å². The molecule has 4 heteroatoms. The molecule has 0 aromatic heterocycles. The van der Waals surface area contributed by atoms with Gasteiger partial charge in [0.25, 0.3) is 5.97 Å². The minimum absolute atomic E-state index is 0.156. The maximum absolute atomic E-state index is 6.07. The molecule has 1 unspecified atom stereocenters. The number of hydrogen-bond donors (Lipinski definition) is 1. The topological polar surface area (TPSA) is 39.7 Å². The number of ether oxygens (including phenoxy) is 3. The minimum atomic E-state index is -0.996. The molecule has 4 nitrogen and oxygen atoms in total. The molecular formula is C32H59NO3. The highest BCUT2D eigenvalue weighted by molar-refractivity contribution is 5.42. The molecule has 0 aliphatic carbocycles. The van der Waals surface area contributed by atoms with Crippen LogP contribution in [-0.2, 0) is 14.2 Å². The van der Waals surface area contributed by atoms with Gasteiger partial charge < -0.3 is 19.5 Å². The van der Waals surface area contributed by atoms with Gasteiger partial charge in [-0.1, -0.05) is 122 Å². The summed E-state index contributed by atoms with van der Waals surface area (Å²) in [7, 11) is 5.25. The Hall–Kier alpha value is -1.10. The molecule has 0 heterocycles. The van der Waals surface area contributed by atoms with E-state index in [9.17, 15) is 0 Å². The number of unbranched alkanes of at least 4 members (excludes halogenated alkanes) is 12. The van der Waals surface area contributed by atoms with Gasteiger partial charge in [-0.2, -0.15) is 0 Å². The SMILES string of the molecule is CCCCCCCCCCC(CCCCCCCC)(CCCNc1ccccc1)C(OC)(OC)OC. The van der Waals surface area contributed by atoms with Crippen molar-refractivity contribution in [3.8, 4) is 0 Å². The van der Waals surface area contributed by atoms with Crippen molar-refractivity contribution in [1.82, 2.24) is 0 Å². The zero-order valence-corrected chi connectivity index (χ0v) is 24.5. The largest absolute Gasteiger partial charge is 0.385 e. The quantitative estimate of drug-likeness (QED) is 0.106. The normalized spacial score (nSPS) is 13.6. The highest BCUT2D eigenvalue weighted by Crippen LogP contribution is 2.48. The van der Waals surface area contributed by atoms with Crippen LogP contribution in [0.1, 0.15) is 129 Å². The molecule has 0 aliphatic rings. The van der Waals surface area contributed by atoms with Gasteiger partial charge in [-0.25, -0.2) is 0 Å². The van der Waals surface area contributed by atoms with Gasteiger partial charge in [0, 0.05) is 33.6 Å². The van der Waals surface area contributed by atoms with Gasteiger partial charge in [-0.15, -0.1) is 0 Å². The summed E-state index contributed by atoms with van der Waals surface area (Å²) < 4.78 is 18.2. The van der Waals surface area contributed by atoms with Crippen LogP contribution in [0.15, 0.2) is 30.3 Å². The number of rotatable bonds is 25. The first kappa shape index (κ1) is 32.9. The zero-order chi connectivity index (χ0) is 26.4. The van der Waals surface area contributed by atoms with Gasteiger partial charge in [0.15, 0.2) is 0 Å². The number of para-hydroxylation sites is 1. The van der Waals surface area contributed by atoms with Crippen molar-refractivity contribution in [2.45, 2.75) is 135 Å². The van der Waals surface area contributed by atoms with Crippen LogP contribution in [0.2, 0.25) is 0 Å². The molecule has 0 radical (unpaired) electrons. The number of hydrogen-bond acceptors (Lipinski definition) is 4. The van der Waals surface area contributed by atoms with E-state index in [2.05, 4.69) is 49.5 Å². The molecule has 1 N–H and O–H groups in total. The summed E-state index contributed by atoms with van der Waals surface area (Å²) in [5, 5.41) is 3.59. The first-order valence-corrected chi connectivity index (χ1v) is 15.1. The molecular weight excluding hydrogens is 446 g/mol. The lowest BCUT2D eigenvalue weighted by Gasteiger charge is -2.47. The molecule has 1 rings (SSSR count). The third kappa shape index (κ3) is 12.0. The molecule has 0 saturated heterocycles. The van der Waals surface area contributed by atoms with E-state index in [-0.39, 0.29) is 5.41 Å². The predicted octanol–water partition coefficient (Wildman–Crippen LogP) is 9.74. The van der Waals surface area contributed by atoms with E-state index in [4.69, 9.17) is 14.2 Å². The molecule has 210 valence electrons. The second-order valence-electron chi connectivity index (χ2n) is 10.6. The molecule has 1 atom stereocenters. The maximum Gasteiger partial charge on any atom is 0.288 e. The van der Waals surface area contributed by atoms with Gasteiger partial charge in [0.2, 0.25) is 0 Å². The number of benzene rings is 1. The van der Waals surface area contributed by atoms with E-state index < -0.39 is 5.97 Å². The van der Waals surface area contributed by atoms with Crippen molar-refractivity contribution < 1.29 is 14.2 Å². The maximum atomic E-state index is 6.07. The number of nitrogens with one attached hydrogen (secondary N) is 1. The molecule has 1 aromatic rings. The lowest BCUT2D eigenvalue weighted by molar-refractivity contribution is -0.411. The van der Waals surface area contributed by atoms with Crippen molar-refractivity contribution in [3.05, 3.63) is 30.3 Å². The standard InChI is InChI=1S/C32H59NO3/c1-6-8-10-12-14-15-17-22-27-31(32(34-3,35-4)36-5,26-21-16-13-11-9-7-2)28-23-29-33-30-24-19-18-20-25-30/h18-20,24-25,33H,6-17,21-23,26-29H2,1-5H3. The fourth-order valence-corrected chi connectivity index (χ4v) is 5.79. The predicted molar refractivity (Wildman–Crippen MR) is 156 cm³/mol. The van der Waals surface area contributed by atoms with Crippen molar-refractivity contribution in [1.29, 1.82) is 0 Å². The zero-order valence-electron chi connectivity index (χ0n) is 24.5.